The molecule has 0 aliphatic rings. The standard InChI is InChI=1S/C13H22O3P/c1-5-15-17(6-2,7-3)16-13-10-8-12(14-4)9-11-13/h8-11H,5-7H2,1-4H3/q+1. The minimum absolute atomic E-state index is 0.700. The van der Waals surface area contributed by atoms with Gasteiger partial charge >= 0.3 is 7.72 Å². The molecule has 96 valence electrons. The lowest BCUT2D eigenvalue weighted by Gasteiger charge is -2.21. The van der Waals surface area contributed by atoms with Crippen LogP contribution in [0.2, 0.25) is 0 Å². The Bertz CT molecular complexity index is 320. The molecule has 1 aromatic carbocycles. The summed E-state index contributed by atoms with van der Waals surface area (Å²) >= 11 is 0. The van der Waals surface area contributed by atoms with E-state index < -0.39 is 7.72 Å². The van der Waals surface area contributed by atoms with Crippen molar-refractivity contribution in [1.82, 2.24) is 0 Å². The molecule has 0 heterocycles. The molecule has 0 atom stereocenters. The molecule has 1 rings (SSSR count). The number of hydrogen-bond acceptors (Lipinski definition) is 3. The zero-order valence-electron chi connectivity index (χ0n) is 11.1. The van der Waals surface area contributed by atoms with Gasteiger partial charge in [-0.25, -0.2) is 0 Å². The summed E-state index contributed by atoms with van der Waals surface area (Å²) in [6.45, 7) is 6.95. The minimum atomic E-state index is -1.74. The van der Waals surface area contributed by atoms with Crippen molar-refractivity contribution < 1.29 is 13.8 Å². The zero-order chi connectivity index (χ0) is 12.7. The van der Waals surface area contributed by atoms with Crippen molar-refractivity contribution in [3.8, 4) is 11.5 Å². The van der Waals surface area contributed by atoms with Crippen LogP contribution in [-0.4, -0.2) is 26.0 Å². The van der Waals surface area contributed by atoms with Crippen molar-refractivity contribution in [2.45, 2.75) is 20.8 Å². The van der Waals surface area contributed by atoms with Gasteiger partial charge in [-0.15, -0.1) is 0 Å². The molecule has 0 aliphatic heterocycles. The van der Waals surface area contributed by atoms with E-state index >= 15 is 0 Å². The summed E-state index contributed by atoms with van der Waals surface area (Å²) in [5.74, 6) is 1.70. The predicted molar refractivity (Wildman–Crippen MR) is 73.3 cm³/mol. The molecule has 4 heteroatoms. The summed E-state index contributed by atoms with van der Waals surface area (Å²) in [5.41, 5.74) is 0. The monoisotopic (exact) mass is 257 g/mol. The maximum Gasteiger partial charge on any atom is 0.319 e. The average molecular weight is 257 g/mol. The molecule has 0 bridgehead atoms. The van der Waals surface area contributed by atoms with E-state index in [1.54, 1.807) is 7.11 Å². The van der Waals surface area contributed by atoms with E-state index in [9.17, 15) is 0 Å². The lowest BCUT2D eigenvalue weighted by molar-refractivity contribution is 0.315. The van der Waals surface area contributed by atoms with Crippen molar-refractivity contribution in [3.63, 3.8) is 0 Å². The summed E-state index contributed by atoms with van der Waals surface area (Å²) < 4.78 is 17.0. The van der Waals surface area contributed by atoms with Gasteiger partial charge in [-0.05, 0) is 45.0 Å². The van der Waals surface area contributed by atoms with Gasteiger partial charge in [0.2, 0.25) is 0 Å². The van der Waals surface area contributed by atoms with Crippen LogP contribution in [-0.2, 0) is 4.52 Å². The highest BCUT2D eigenvalue weighted by atomic mass is 31.2. The third-order valence-electron chi connectivity index (χ3n) is 2.66. The van der Waals surface area contributed by atoms with Gasteiger partial charge in [-0.1, -0.05) is 0 Å². The summed E-state index contributed by atoms with van der Waals surface area (Å²) in [7, 11) is -0.0861. The van der Waals surface area contributed by atoms with Crippen molar-refractivity contribution in [3.05, 3.63) is 24.3 Å². The van der Waals surface area contributed by atoms with E-state index in [4.69, 9.17) is 13.8 Å². The first-order chi connectivity index (χ1) is 8.19. The van der Waals surface area contributed by atoms with Gasteiger partial charge in [-0.3, -0.25) is 0 Å². The third-order valence-corrected chi connectivity index (χ3v) is 5.86. The molecule has 0 aromatic heterocycles. The van der Waals surface area contributed by atoms with Gasteiger partial charge in [0.25, 0.3) is 0 Å². The molecule has 0 radical (unpaired) electrons. The second-order valence-corrected chi connectivity index (χ2v) is 6.97. The Kier molecular flexibility index (Phi) is 5.73. The number of methoxy groups -OCH3 is 1. The van der Waals surface area contributed by atoms with Crippen molar-refractivity contribution in [2.24, 2.45) is 0 Å². The molecule has 0 fully saturated rings. The van der Waals surface area contributed by atoms with E-state index in [-0.39, 0.29) is 0 Å². The third kappa shape index (κ3) is 3.86. The quantitative estimate of drug-likeness (QED) is 0.691. The van der Waals surface area contributed by atoms with Crippen molar-refractivity contribution in [1.29, 1.82) is 0 Å². The maximum absolute atomic E-state index is 6.07. The topological polar surface area (TPSA) is 27.7 Å². The van der Waals surface area contributed by atoms with Crippen molar-refractivity contribution in [2.75, 3.05) is 26.0 Å². The Morgan fingerprint density at radius 3 is 1.88 bits per heavy atom. The van der Waals surface area contributed by atoms with Crippen LogP contribution in [0.4, 0.5) is 0 Å². The van der Waals surface area contributed by atoms with Gasteiger partial charge in [0.05, 0.1) is 13.7 Å². The molecule has 0 unspecified atom stereocenters. The molecular weight excluding hydrogens is 235 g/mol. The van der Waals surface area contributed by atoms with E-state index in [1.807, 2.05) is 31.2 Å². The summed E-state index contributed by atoms with van der Waals surface area (Å²) in [4.78, 5) is 0. The van der Waals surface area contributed by atoms with Crippen molar-refractivity contribution >= 4 is 7.72 Å². The van der Waals surface area contributed by atoms with Gasteiger partial charge in [0.1, 0.15) is 18.1 Å². The molecule has 17 heavy (non-hydrogen) atoms. The zero-order valence-corrected chi connectivity index (χ0v) is 12.0. The van der Waals surface area contributed by atoms with Crippen LogP contribution in [0.5, 0.6) is 11.5 Å². The van der Waals surface area contributed by atoms with Gasteiger partial charge in [-0.2, -0.15) is 4.52 Å². The van der Waals surface area contributed by atoms with Crippen LogP contribution >= 0.6 is 7.72 Å². The molecule has 0 spiro atoms. The SMILES string of the molecule is CCO[P+](CC)(CC)Oc1ccc(OC)cc1. The van der Waals surface area contributed by atoms with E-state index in [2.05, 4.69) is 13.8 Å². The number of rotatable bonds is 7. The van der Waals surface area contributed by atoms with Crippen LogP contribution in [0.25, 0.3) is 0 Å². The maximum atomic E-state index is 6.07. The smallest absolute Gasteiger partial charge is 0.319 e. The second-order valence-electron chi connectivity index (χ2n) is 3.63. The highest BCUT2D eigenvalue weighted by Crippen LogP contribution is 2.59. The fourth-order valence-corrected chi connectivity index (χ4v) is 3.73. The molecule has 3 nitrogen and oxygen atoms in total. The first kappa shape index (κ1) is 14.3. The molecule has 0 saturated carbocycles. The largest absolute Gasteiger partial charge is 0.497 e. The minimum Gasteiger partial charge on any atom is -0.497 e. The van der Waals surface area contributed by atoms with Gasteiger partial charge in [0.15, 0.2) is 5.75 Å². The van der Waals surface area contributed by atoms with Crippen LogP contribution in [0.1, 0.15) is 20.8 Å². The highest BCUT2D eigenvalue weighted by Gasteiger charge is 2.39. The predicted octanol–water partition coefficient (Wildman–Crippen LogP) is 4.00. The number of ether oxygens (including phenoxy) is 1. The fraction of sp³-hybridized carbons (Fsp3) is 0.538. The van der Waals surface area contributed by atoms with E-state index in [0.717, 1.165) is 23.8 Å². The van der Waals surface area contributed by atoms with Crippen LogP contribution in [0, 0.1) is 0 Å². The van der Waals surface area contributed by atoms with Gasteiger partial charge in [0, 0.05) is 0 Å². The van der Waals surface area contributed by atoms with Crippen LogP contribution < -0.4 is 9.26 Å². The Morgan fingerprint density at radius 1 is 0.941 bits per heavy atom. The highest BCUT2D eigenvalue weighted by molar-refractivity contribution is 7.66. The van der Waals surface area contributed by atoms with Crippen LogP contribution in [0.15, 0.2) is 24.3 Å². The second kappa shape index (κ2) is 6.83. The van der Waals surface area contributed by atoms with Gasteiger partial charge < -0.3 is 9.26 Å². The molecular formula is C13H22O3P+. The average Bonchev–Trinajstić information content (AvgIpc) is 2.39. The molecule has 0 N–H and O–H groups in total. The fourth-order valence-electron chi connectivity index (χ4n) is 1.63. The first-order valence-electron chi connectivity index (χ1n) is 6.05. The Labute approximate surface area is 105 Å². The molecule has 0 saturated heterocycles. The normalized spacial score (nSPS) is 11.3. The van der Waals surface area contributed by atoms with Crippen LogP contribution in [0.3, 0.4) is 0 Å². The summed E-state index contributed by atoms with van der Waals surface area (Å²) in [5, 5.41) is 0. The Balaban J connectivity index is 2.77. The van der Waals surface area contributed by atoms with E-state index in [0.29, 0.717) is 6.61 Å². The molecule has 0 aliphatic carbocycles. The molecule has 0 amide bonds. The number of benzene rings is 1. The first-order valence-corrected chi connectivity index (χ1v) is 8.04. The lowest BCUT2D eigenvalue weighted by atomic mass is 10.3. The number of hydrogen-bond donors (Lipinski definition) is 0. The lowest BCUT2D eigenvalue weighted by Crippen LogP contribution is -2.11. The molecule has 1 aromatic rings. The summed E-state index contributed by atoms with van der Waals surface area (Å²) in [6.07, 6.45) is 1.87. The Morgan fingerprint density at radius 2 is 1.47 bits per heavy atom. The summed E-state index contributed by atoms with van der Waals surface area (Å²) in [6, 6.07) is 7.67. The Hall–Kier alpha value is -0.790. The van der Waals surface area contributed by atoms with E-state index in [1.165, 1.54) is 0 Å².